The number of hydrogen-bond donors (Lipinski definition) is 1. The van der Waals surface area contributed by atoms with Crippen LogP contribution in [0.4, 0.5) is 5.69 Å². The number of anilines is 1. The van der Waals surface area contributed by atoms with Gasteiger partial charge in [0.25, 0.3) is 5.91 Å². The molecule has 1 aliphatic carbocycles. The Kier molecular flexibility index (Phi) is 6.82. The van der Waals surface area contributed by atoms with E-state index >= 15 is 0 Å². The predicted molar refractivity (Wildman–Crippen MR) is 150 cm³/mol. The number of nitrogens with one attached hydrogen (secondary N) is 1. The molecular weight excluding hydrogens is 480 g/mol. The summed E-state index contributed by atoms with van der Waals surface area (Å²) < 4.78 is 0. The summed E-state index contributed by atoms with van der Waals surface area (Å²) >= 11 is 1.70. The van der Waals surface area contributed by atoms with Crippen LogP contribution >= 0.6 is 11.3 Å². The van der Waals surface area contributed by atoms with Crippen molar-refractivity contribution < 1.29 is 9.59 Å². The number of rotatable bonds is 7. The van der Waals surface area contributed by atoms with Gasteiger partial charge < -0.3 is 15.1 Å². The molecule has 4 aliphatic rings. The minimum absolute atomic E-state index is 0.0809. The third-order valence-corrected chi connectivity index (χ3v) is 8.58. The van der Waals surface area contributed by atoms with Crippen molar-refractivity contribution >= 4 is 34.4 Å². The van der Waals surface area contributed by atoms with Crippen molar-refractivity contribution in [2.75, 3.05) is 31.5 Å². The molecule has 1 atom stereocenters. The van der Waals surface area contributed by atoms with Crippen LogP contribution in [0.1, 0.15) is 59.7 Å². The monoisotopic (exact) mass is 514 g/mol. The van der Waals surface area contributed by atoms with Gasteiger partial charge in [0.05, 0.1) is 17.3 Å². The van der Waals surface area contributed by atoms with Crippen molar-refractivity contribution in [2.24, 2.45) is 4.99 Å². The van der Waals surface area contributed by atoms with Gasteiger partial charge in [-0.05, 0) is 104 Å². The highest BCUT2D eigenvalue weighted by Gasteiger charge is 2.32. The number of Topliss-reactive ketones (excluding diaryl/α,β-unsaturated/α-hetero) is 1. The number of amides is 1. The van der Waals surface area contributed by atoms with E-state index < -0.39 is 0 Å². The van der Waals surface area contributed by atoms with Crippen LogP contribution in [0.5, 0.6) is 0 Å². The number of carbonyl (C=O) groups excluding carboxylic acids is 2. The molecule has 1 amide bonds. The predicted octanol–water partition coefficient (Wildman–Crippen LogP) is 5.01. The van der Waals surface area contributed by atoms with Gasteiger partial charge in [0.2, 0.25) is 0 Å². The van der Waals surface area contributed by atoms with Crippen LogP contribution in [-0.4, -0.2) is 59.4 Å². The normalized spacial score (nSPS) is 23.2. The van der Waals surface area contributed by atoms with Crippen LogP contribution < -0.4 is 5.32 Å². The second kappa shape index (κ2) is 10.4. The van der Waals surface area contributed by atoms with E-state index in [1.165, 1.54) is 31.5 Å². The summed E-state index contributed by atoms with van der Waals surface area (Å²) in [6.07, 6.45) is 9.40. The van der Waals surface area contributed by atoms with E-state index in [-0.39, 0.29) is 17.7 Å². The molecule has 2 aromatic rings. The fraction of sp³-hybridized carbons (Fsp3) is 0.433. The largest absolute Gasteiger partial charge is 0.358 e. The minimum atomic E-state index is 0.0809. The Hall–Kier alpha value is -3.03. The average molecular weight is 515 g/mol. The number of likely N-dealkylation sites (tertiary alicyclic amines) is 1. The van der Waals surface area contributed by atoms with Crippen molar-refractivity contribution in [2.45, 2.75) is 58.0 Å². The zero-order valence-corrected chi connectivity index (χ0v) is 22.3. The first kappa shape index (κ1) is 24.3. The molecule has 1 aromatic heterocycles. The summed E-state index contributed by atoms with van der Waals surface area (Å²) in [6, 6.07) is 6.38. The number of benzene rings is 1. The number of ketones is 1. The van der Waals surface area contributed by atoms with E-state index in [4.69, 9.17) is 4.99 Å². The topological polar surface area (TPSA) is 65.0 Å². The van der Waals surface area contributed by atoms with Crippen LogP contribution in [0.25, 0.3) is 0 Å². The summed E-state index contributed by atoms with van der Waals surface area (Å²) in [5, 5.41) is 7.77. The number of fused-ring (bicyclic) bond motifs is 2. The first-order valence-corrected chi connectivity index (χ1v) is 14.5. The molecule has 3 aliphatic heterocycles. The van der Waals surface area contributed by atoms with Crippen molar-refractivity contribution in [3.63, 3.8) is 0 Å². The Morgan fingerprint density at radius 2 is 2.00 bits per heavy atom. The van der Waals surface area contributed by atoms with E-state index in [9.17, 15) is 9.59 Å². The molecular formula is C30H34N4O2S. The van der Waals surface area contributed by atoms with Gasteiger partial charge in [-0.3, -0.25) is 14.6 Å². The summed E-state index contributed by atoms with van der Waals surface area (Å²) in [6.45, 7) is 7.05. The number of hydrogen-bond acceptors (Lipinski definition) is 6. The summed E-state index contributed by atoms with van der Waals surface area (Å²) in [5.41, 5.74) is 7.65. The van der Waals surface area contributed by atoms with Gasteiger partial charge >= 0.3 is 0 Å². The van der Waals surface area contributed by atoms with Crippen LogP contribution in [0, 0.1) is 0 Å². The van der Waals surface area contributed by atoms with Crippen LogP contribution in [0.2, 0.25) is 0 Å². The molecule has 1 N–H and O–H groups in total. The van der Waals surface area contributed by atoms with Crippen molar-refractivity contribution in [1.29, 1.82) is 0 Å². The lowest BCUT2D eigenvalue weighted by Gasteiger charge is -2.19. The van der Waals surface area contributed by atoms with E-state index in [1.807, 2.05) is 23.1 Å². The molecule has 0 spiro atoms. The lowest BCUT2D eigenvalue weighted by atomic mass is 9.93. The number of carbonyl (C=O) groups is 2. The van der Waals surface area contributed by atoms with Gasteiger partial charge in [0.15, 0.2) is 5.78 Å². The smallest absolute Gasteiger partial charge is 0.254 e. The van der Waals surface area contributed by atoms with Crippen molar-refractivity contribution in [1.82, 2.24) is 9.80 Å². The molecule has 6 nitrogen and oxygen atoms in total. The lowest BCUT2D eigenvalue weighted by molar-refractivity contribution is -0.114. The zero-order valence-electron chi connectivity index (χ0n) is 21.5. The quantitative estimate of drug-likeness (QED) is 0.528. The van der Waals surface area contributed by atoms with E-state index in [1.54, 1.807) is 11.3 Å². The Morgan fingerprint density at radius 3 is 2.81 bits per heavy atom. The molecule has 0 saturated carbocycles. The Morgan fingerprint density at radius 1 is 1.14 bits per heavy atom. The summed E-state index contributed by atoms with van der Waals surface area (Å²) in [5.74, 6) is 0.244. The maximum Gasteiger partial charge on any atom is 0.254 e. The Labute approximate surface area is 222 Å². The molecule has 0 bridgehead atoms. The molecule has 4 heterocycles. The minimum Gasteiger partial charge on any atom is -0.358 e. The van der Waals surface area contributed by atoms with Gasteiger partial charge in [-0.15, -0.1) is 0 Å². The zero-order chi connectivity index (χ0) is 25.4. The number of aliphatic imine (C=N–C) groups is 1. The number of thiophene rings is 1. The highest BCUT2D eigenvalue weighted by molar-refractivity contribution is 7.07. The van der Waals surface area contributed by atoms with Crippen molar-refractivity contribution in [3.8, 4) is 0 Å². The third kappa shape index (κ3) is 5.07. The first-order chi connectivity index (χ1) is 18.0. The second-order valence-corrected chi connectivity index (χ2v) is 11.5. The summed E-state index contributed by atoms with van der Waals surface area (Å²) in [7, 11) is 0. The van der Waals surface area contributed by atoms with Gasteiger partial charge in [0, 0.05) is 42.9 Å². The fourth-order valence-corrected chi connectivity index (χ4v) is 6.70. The fourth-order valence-electron chi connectivity index (χ4n) is 6.02. The second-order valence-electron chi connectivity index (χ2n) is 10.7. The molecule has 1 unspecified atom stereocenters. The number of nitrogens with zero attached hydrogens (tertiary/aromatic N) is 3. The van der Waals surface area contributed by atoms with Crippen LogP contribution in [0.3, 0.4) is 0 Å². The third-order valence-electron chi connectivity index (χ3n) is 7.85. The Bertz CT molecular complexity index is 1300. The molecule has 1 aromatic carbocycles. The maximum absolute atomic E-state index is 13.2. The lowest BCUT2D eigenvalue weighted by Crippen LogP contribution is -2.29. The average Bonchev–Trinajstić information content (AvgIpc) is 3.67. The van der Waals surface area contributed by atoms with E-state index in [2.05, 4.69) is 40.0 Å². The van der Waals surface area contributed by atoms with Gasteiger partial charge in [-0.25, -0.2) is 0 Å². The van der Waals surface area contributed by atoms with E-state index in [0.717, 1.165) is 59.7 Å². The van der Waals surface area contributed by atoms with Crippen LogP contribution in [-0.2, 0) is 24.2 Å². The highest BCUT2D eigenvalue weighted by atomic mass is 32.1. The molecule has 192 valence electrons. The molecule has 37 heavy (non-hydrogen) atoms. The Balaban J connectivity index is 1.18. The molecule has 0 radical (unpaired) electrons. The molecule has 1 saturated heterocycles. The standard InChI is InChI=1S/C30H34N4O2S/c1-20(14-21-8-13-37-19-21)31-25-6-4-7-28(35)29(25)27-16-22-15-24-23(17-26(22)32-27)18-34(30(24)36)12-5-11-33-9-2-3-10-33/h4,6,8,13,15,17,19-20,32H,2-3,5,7,9-12,14,16,18H2,1H3. The SMILES string of the molecule is CC(Cc1ccsc1)N=C1C=CCC(=O)C1=C1Cc2cc3c(cc2N1)CN(CCCN1CCCC1)C3=O. The molecule has 7 heteroatoms. The van der Waals surface area contributed by atoms with Crippen molar-refractivity contribution in [3.05, 3.63) is 74.6 Å². The van der Waals surface area contributed by atoms with Gasteiger partial charge in [0.1, 0.15) is 0 Å². The maximum atomic E-state index is 13.2. The molecule has 6 rings (SSSR count). The van der Waals surface area contributed by atoms with Crippen LogP contribution in [0.15, 0.2) is 57.4 Å². The van der Waals surface area contributed by atoms with E-state index in [0.29, 0.717) is 25.0 Å². The highest BCUT2D eigenvalue weighted by Crippen LogP contribution is 2.36. The first-order valence-electron chi connectivity index (χ1n) is 13.5. The van der Waals surface area contributed by atoms with Gasteiger partial charge in [-0.2, -0.15) is 11.3 Å². The van der Waals surface area contributed by atoms with Gasteiger partial charge in [-0.1, -0.05) is 6.08 Å². The molecule has 1 fully saturated rings. The number of allylic oxidation sites excluding steroid dienone is 4. The summed E-state index contributed by atoms with van der Waals surface area (Å²) in [4.78, 5) is 35.6.